The first-order valence-corrected chi connectivity index (χ1v) is 6.47. The number of rotatable bonds is 3. The van der Waals surface area contributed by atoms with Gasteiger partial charge in [0.1, 0.15) is 17.5 Å². The van der Waals surface area contributed by atoms with Gasteiger partial charge in [0.2, 0.25) is 5.95 Å². The summed E-state index contributed by atoms with van der Waals surface area (Å²) in [6.45, 7) is 0. The molecule has 7 nitrogen and oxygen atoms in total. The third kappa shape index (κ3) is 2.50. The van der Waals surface area contributed by atoms with Crippen molar-refractivity contribution in [3.63, 3.8) is 0 Å². The lowest BCUT2D eigenvalue weighted by atomic mass is 10.3. The van der Waals surface area contributed by atoms with Gasteiger partial charge in [0.05, 0.1) is 21.7 Å². The molecule has 2 aromatic heterocycles. The highest BCUT2D eigenvalue weighted by Crippen LogP contribution is 2.28. The maximum absolute atomic E-state index is 13.9. The van der Waals surface area contributed by atoms with Crippen LogP contribution in [-0.2, 0) is 0 Å². The number of nitrogens with zero attached hydrogens (tertiary/aromatic N) is 3. The number of hydrogen-bond donors (Lipinski definition) is 4. The molecule has 0 radical (unpaired) electrons. The van der Waals surface area contributed by atoms with E-state index in [2.05, 4.69) is 46.8 Å². The molecule has 0 saturated carbocycles. The van der Waals surface area contributed by atoms with E-state index in [0.717, 1.165) is 12.1 Å². The fraction of sp³-hybridized carbons (Fsp3) is 0. The van der Waals surface area contributed by atoms with E-state index in [1.165, 1.54) is 6.20 Å². The fourth-order valence-electron chi connectivity index (χ4n) is 1.74. The Bertz CT molecular complexity index is 820. The number of aromatic nitrogens is 4. The Kier molecular flexibility index (Phi) is 3.39. The second kappa shape index (κ2) is 5.22. The molecule has 10 heteroatoms. The summed E-state index contributed by atoms with van der Waals surface area (Å²) in [6.07, 6.45) is 1.46. The van der Waals surface area contributed by atoms with Gasteiger partial charge in [-0.2, -0.15) is 15.1 Å². The summed E-state index contributed by atoms with van der Waals surface area (Å²) in [7, 11) is 0. The number of hydrazine groups is 1. The van der Waals surface area contributed by atoms with Crippen LogP contribution < -0.4 is 16.6 Å². The first-order valence-electron chi connectivity index (χ1n) is 5.68. The van der Waals surface area contributed by atoms with Crippen molar-refractivity contribution >= 4 is 44.4 Å². The average molecular weight is 356 g/mol. The SMILES string of the molecule is NNc1nc(Nc2cc(F)c(Br)cc2F)c2cn[nH]c2n1. The number of benzene rings is 1. The van der Waals surface area contributed by atoms with Crippen molar-refractivity contribution in [3.8, 4) is 0 Å². The van der Waals surface area contributed by atoms with Crippen LogP contribution in [-0.4, -0.2) is 20.2 Å². The first kappa shape index (κ1) is 13.6. The molecule has 0 saturated heterocycles. The number of halogens is 3. The molecule has 21 heavy (non-hydrogen) atoms. The van der Waals surface area contributed by atoms with Gasteiger partial charge in [-0.3, -0.25) is 10.5 Å². The van der Waals surface area contributed by atoms with Crippen molar-refractivity contribution in [2.75, 3.05) is 10.7 Å². The van der Waals surface area contributed by atoms with Gasteiger partial charge < -0.3 is 5.32 Å². The van der Waals surface area contributed by atoms with E-state index in [1.54, 1.807) is 0 Å². The summed E-state index contributed by atoms with van der Waals surface area (Å²) in [6, 6.07) is 2.04. The van der Waals surface area contributed by atoms with Crippen molar-refractivity contribution in [2.24, 2.45) is 5.84 Å². The Labute approximate surface area is 125 Å². The van der Waals surface area contributed by atoms with E-state index in [1.807, 2.05) is 0 Å². The van der Waals surface area contributed by atoms with Gasteiger partial charge in [-0.15, -0.1) is 0 Å². The van der Waals surface area contributed by atoms with Crippen LogP contribution in [0.15, 0.2) is 22.8 Å². The topological polar surface area (TPSA) is 105 Å². The lowest BCUT2D eigenvalue weighted by Crippen LogP contribution is -2.11. The third-order valence-corrected chi connectivity index (χ3v) is 3.31. The van der Waals surface area contributed by atoms with Crippen LogP contribution >= 0.6 is 15.9 Å². The number of aromatic amines is 1. The highest BCUT2D eigenvalue weighted by Gasteiger charge is 2.13. The van der Waals surface area contributed by atoms with Crippen molar-refractivity contribution in [1.82, 2.24) is 20.2 Å². The van der Waals surface area contributed by atoms with E-state index >= 15 is 0 Å². The number of H-pyrrole nitrogens is 1. The van der Waals surface area contributed by atoms with E-state index in [9.17, 15) is 8.78 Å². The lowest BCUT2D eigenvalue weighted by molar-refractivity contribution is 0.598. The van der Waals surface area contributed by atoms with Gasteiger partial charge in [-0.25, -0.2) is 14.6 Å². The molecule has 0 spiro atoms. The average Bonchev–Trinajstić information content (AvgIpc) is 2.93. The number of anilines is 3. The Balaban J connectivity index is 2.09. The summed E-state index contributed by atoms with van der Waals surface area (Å²) in [5.41, 5.74) is 2.62. The molecule has 0 aliphatic heterocycles. The van der Waals surface area contributed by atoms with Crippen molar-refractivity contribution in [3.05, 3.63) is 34.4 Å². The molecule has 3 aromatic rings. The van der Waals surface area contributed by atoms with Crippen LogP contribution in [0.25, 0.3) is 11.0 Å². The van der Waals surface area contributed by atoms with Gasteiger partial charge in [0.15, 0.2) is 5.65 Å². The number of hydrogen-bond acceptors (Lipinski definition) is 6. The van der Waals surface area contributed by atoms with Crippen LogP contribution in [0.3, 0.4) is 0 Å². The maximum Gasteiger partial charge on any atom is 0.241 e. The minimum absolute atomic E-state index is 0.0333. The van der Waals surface area contributed by atoms with Gasteiger partial charge in [-0.1, -0.05) is 0 Å². The maximum atomic E-state index is 13.9. The van der Waals surface area contributed by atoms with E-state index in [-0.39, 0.29) is 21.9 Å². The second-order valence-electron chi connectivity index (χ2n) is 4.04. The zero-order valence-corrected chi connectivity index (χ0v) is 11.9. The lowest BCUT2D eigenvalue weighted by Gasteiger charge is -2.09. The number of nitrogens with one attached hydrogen (secondary N) is 3. The van der Waals surface area contributed by atoms with Gasteiger partial charge in [0.25, 0.3) is 0 Å². The van der Waals surface area contributed by atoms with Crippen LogP contribution in [0.1, 0.15) is 0 Å². The molecule has 3 rings (SSSR count). The summed E-state index contributed by atoms with van der Waals surface area (Å²) in [4.78, 5) is 8.09. The normalized spacial score (nSPS) is 10.9. The van der Waals surface area contributed by atoms with Gasteiger partial charge >= 0.3 is 0 Å². The van der Waals surface area contributed by atoms with Crippen LogP contribution in [0.2, 0.25) is 0 Å². The van der Waals surface area contributed by atoms with Crippen LogP contribution in [0, 0.1) is 11.6 Å². The van der Waals surface area contributed by atoms with Crippen LogP contribution in [0.5, 0.6) is 0 Å². The molecule has 0 fully saturated rings. The van der Waals surface area contributed by atoms with E-state index in [4.69, 9.17) is 5.84 Å². The minimum Gasteiger partial charge on any atom is -0.337 e. The second-order valence-corrected chi connectivity index (χ2v) is 4.90. The molecule has 1 aromatic carbocycles. The van der Waals surface area contributed by atoms with Crippen molar-refractivity contribution in [2.45, 2.75) is 0 Å². The van der Waals surface area contributed by atoms with E-state index in [0.29, 0.717) is 11.0 Å². The number of nitrogen functional groups attached to an aromatic ring is 1. The molecular weight excluding hydrogens is 348 g/mol. The molecule has 0 amide bonds. The standard InChI is InChI=1S/C11H8BrF2N7/c12-5-1-7(14)8(2-6(5)13)17-9-4-3-16-21-10(4)19-11(18-9)20-15/h1-3H,15H2,(H3,16,17,18,19,20,21). The van der Waals surface area contributed by atoms with Gasteiger partial charge in [-0.05, 0) is 22.0 Å². The molecule has 0 aliphatic rings. The third-order valence-electron chi connectivity index (χ3n) is 2.70. The Morgan fingerprint density at radius 2 is 2.00 bits per heavy atom. The highest BCUT2D eigenvalue weighted by molar-refractivity contribution is 9.10. The Hall–Kier alpha value is -2.33. The molecule has 2 heterocycles. The molecule has 108 valence electrons. The van der Waals surface area contributed by atoms with E-state index < -0.39 is 11.6 Å². The molecule has 0 bridgehead atoms. The van der Waals surface area contributed by atoms with Gasteiger partial charge in [0, 0.05) is 6.07 Å². The zero-order chi connectivity index (χ0) is 15.0. The molecule has 5 N–H and O–H groups in total. The Morgan fingerprint density at radius 3 is 2.76 bits per heavy atom. The Morgan fingerprint density at radius 1 is 1.19 bits per heavy atom. The monoisotopic (exact) mass is 355 g/mol. The summed E-state index contributed by atoms with van der Waals surface area (Å²) >= 11 is 2.91. The smallest absolute Gasteiger partial charge is 0.241 e. The zero-order valence-electron chi connectivity index (χ0n) is 10.3. The quantitative estimate of drug-likeness (QED) is 0.326. The summed E-state index contributed by atoms with van der Waals surface area (Å²) < 4.78 is 27.4. The molecular formula is C11H8BrF2N7. The summed E-state index contributed by atoms with van der Waals surface area (Å²) in [5, 5.41) is 9.68. The first-order chi connectivity index (χ1) is 10.1. The van der Waals surface area contributed by atoms with Crippen molar-refractivity contribution < 1.29 is 8.78 Å². The minimum atomic E-state index is -0.638. The van der Waals surface area contributed by atoms with Crippen LogP contribution in [0.4, 0.5) is 26.2 Å². The molecule has 0 aliphatic carbocycles. The largest absolute Gasteiger partial charge is 0.337 e. The summed E-state index contributed by atoms with van der Waals surface area (Å²) in [5.74, 6) is 4.37. The molecule has 0 unspecified atom stereocenters. The predicted molar refractivity (Wildman–Crippen MR) is 76.8 cm³/mol. The molecule has 0 atom stereocenters. The number of fused-ring (bicyclic) bond motifs is 1. The fourth-order valence-corrected chi connectivity index (χ4v) is 2.06. The van der Waals surface area contributed by atoms with Crippen molar-refractivity contribution in [1.29, 1.82) is 0 Å². The number of nitrogens with two attached hydrogens (primary N) is 1. The predicted octanol–water partition coefficient (Wildman–Crippen LogP) is 2.42. The highest BCUT2D eigenvalue weighted by atomic mass is 79.9.